The Bertz CT molecular complexity index is 852. The number of aromatic nitrogens is 1. The number of guanidine groups is 1. The van der Waals surface area contributed by atoms with Gasteiger partial charge in [-0.2, -0.15) is 0 Å². The number of fused-ring (bicyclic) bond motifs is 1. The van der Waals surface area contributed by atoms with Gasteiger partial charge in [0.15, 0.2) is 5.96 Å². The number of hydrogen-bond donors (Lipinski definition) is 2. The highest BCUT2D eigenvalue weighted by Crippen LogP contribution is 2.29. The summed E-state index contributed by atoms with van der Waals surface area (Å²) in [6, 6.07) is 11.6. The number of anilines is 1. The maximum atomic E-state index is 12.7. The Morgan fingerprint density at radius 2 is 1.81 bits per heavy atom. The molecule has 2 N–H and O–H groups in total. The van der Waals surface area contributed by atoms with Crippen LogP contribution in [0.15, 0.2) is 53.8 Å². The highest BCUT2D eigenvalue weighted by Gasteiger charge is 2.28. The van der Waals surface area contributed by atoms with Gasteiger partial charge in [0.25, 0.3) is 0 Å². The fourth-order valence-electron chi connectivity index (χ4n) is 3.05. The normalized spacial score (nSPS) is 13.8. The third kappa shape index (κ3) is 5.61. The van der Waals surface area contributed by atoms with Gasteiger partial charge in [-0.3, -0.25) is 9.30 Å². The molecule has 7 nitrogen and oxygen atoms in total. The van der Waals surface area contributed by atoms with Crippen molar-refractivity contribution in [3.63, 3.8) is 0 Å². The third-order valence-corrected chi connectivity index (χ3v) is 6.16. The fourth-order valence-corrected chi connectivity index (χ4v) is 4.48. The summed E-state index contributed by atoms with van der Waals surface area (Å²) in [6.45, 7) is 2.35. The van der Waals surface area contributed by atoms with Crippen LogP contribution in [0.4, 0.5) is 5.69 Å². The molecule has 2 aromatic rings. The van der Waals surface area contributed by atoms with Crippen LogP contribution in [-0.4, -0.2) is 51.4 Å². The van der Waals surface area contributed by atoms with E-state index in [1.807, 2.05) is 48.8 Å². The highest BCUT2D eigenvalue weighted by molar-refractivity contribution is 14.0. The van der Waals surface area contributed by atoms with Crippen molar-refractivity contribution in [2.24, 2.45) is 4.99 Å². The summed E-state index contributed by atoms with van der Waals surface area (Å²) < 4.78 is 28.9. The van der Waals surface area contributed by atoms with E-state index in [0.29, 0.717) is 25.6 Å². The Labute approximate surface area is 177 Å². The summed E-state index contributed by atoms with van der Waals surface area (Å²) in [5.74, 6) is 0.633. The van der Waals surface area contributed by atoms with E-state index >= 15 is 0 Å². The van der Waals surface area contributed by atoms with E-state index in [1.54, 1.807) is 7.05 Å². The summed E-state index contributed by atoms with van der Waals surface area (Å²) in [4.78, 5) is 4.14. The van der Waals surface area contributed by atoms with Crippen molar-refractivity contribution in [1.29, 1.82) is 0 Å². The number of para-hydroxylation sites is 1. The van der Waals surface area contributed by atoms with E-state index in [4.69, 9.17) is 0 Å². The van der Waals surface area contributed by atoms with Gasteiger partial charge < -0.3 is 15.2 Å². The molecule has 0 unspecified atom stereocenters. The van der Waals surface area contributed by atoms with Crippen molar-refractivity contribution in [3.8, 4) is 0 Å². The van der Waals surface area contributed by atoms with Gasteiger partial charge in [-0.15, -0.1) is 24.0 Å². The number of nitrogens with one attached hydrogen (secondary N) is 2. The Morgan fingerprint density at radius 3 is 2.56 bits per heavy atom. The molecular weight excluding hydrogens is 477 g/mol. The Balaban J connectivity index is 0.00000261. The van der Waals surface area contributed by atoms with Crippen LogP contribution in [-0.2, 0) is 23.0 Å². The third-order valence-electron chi connectivity index (χ3n) is 4.39. The first-order chi connectivity index (χ1) is 12.6. The van der Waals surface area contributed by atoms with Gasteiger partial charge in [0.1, 0.15) is 0 Å². The maximum absolute atomic E-state index is 12.7. The Morgan fingerprint density at radius 1 is 1.11 bits per heavy atom. The fraction of sp³-hybridized carbons (Fsp3) is 0.389. The van der Waals surface area contributed by atoms with Gasteiger partial charge >= 0.3 is 0 Å². The summed E-state index contributed by atoms with van der Waals surface area (Å²) in [5.41, 5.74) is 1.90. The predicted octanol–water partition coefficient (Wildman–Crippen LogP) is 1.66. The van der Waals surface area contributed by atoms with E-state index in [0.717, 1.165) is 24.2 Å². The van der Waals surface area contributed by atoms with Crippen LogP contribution >= 0.6 is 24.0 Å². The lowest BCUT2D eigenvalue weighted by Crippen LogP contribution is -2.42. The molecule has 148 valence electrons. The molecule has 1 aromatic heterocycles. The smallest absolute Gasteiger partial charge is 0.236 e. The number of halogens is 1. The van der Waals surface area contributed by atoms with Gasteiger partial charge in [-0.05, 0) is 30.2 Å². The number of hydrogen-bond acceptors (Lipinski definition) is 3. The van der Waals surface area contributed by atoms with Crippen LogP contribution in [0.2, 0.25) is 0 Å². The highest BCUT2D eigenvalue weighted by atomic mass is 127. The summed E-state index contributed by atoms with van der Waals surface area (Å²) in [6.07, 6.45) is 4.77. The molecule has 9 heteroatoms. The monoisotopic (exact) mass is 503 g/mol. The van der Waals surface area contributed by atoms with E-state index in [-0.39, 0.29) is 29.7 Å². The van der Waals surface area contributed by atoms with Crippen molar-refractivity contribution in [1.82, 2.24) is 15.2 Å². The van der Waals surface area contributed by atoms with Crippen LogP contribution in [0, 0.1) is 0 Å². The molecule has 0 radical (unpaired) electrons. The molecule has 0 aliphatic carbocycles. The quantitative estimate of drug-likeness (QED) is 0.343. The SMILES string of the molecule is CN=C(NCCn1cccc1)NCCS(=O)(=O)N1CCc2ccccc21.I. The van der Waals surface area contributed by atoms with Crippen LogP contribution < -0.4 is 14.9 Å². The van der Waals surface area contributed by atoms with E-state index < -0.39 is 10.0 Å². The largest absolute Gasteiger partial charge is 0.355 e. The standard InChI is InChI=1S/C18H25N5O2S.HI/c1-19-18(20-9-14-22-11-4-5-12-22)21-10-15-26(24,25)23-13-8-16-6-2-3-7-17(16)23;/h2-7,11-12H,8-10,13-15H2,1H3,(H2,19,20,21);1H. The first-order valence-electron chi connectivity index (χ1n) is 8.74. The number of rotatable bonds is 7. The lowest BCUT2D eigenvalue weighted by Gasteiger charge is -2.20. The van der Waals surface area contributed by atoms with Crippen molar-refractivity contribution in [2.75, 3.05) is 36.7 Å². The second kappa shape index (κ2) is 9.98. The van der Waals surface area contributed by atoms with Crippen molar-refractivity contribution >= 4 is 45.6 Å². The molecule has 1 aliphatic rings. The lowest BCUT2D eigenvalue weighted by atomic mass is 10.2. The number of nitrogens with zero attached hydrogens (tertiary/aromatic N) is 3. The molecule has 0 atom stereocenters. The number of aliphatic imine (C=N–C) groups is 1. The molecule has 0 fully saturated rings. The predicted molar refractivity (Wildman–Crippen MR) is 120 cm³/mol. The van der Waals surface area contributed by atoms with Crippen LogP contribution in [0.25, 0.3) is 0 Å². The van der Waals surface area contributed by atoms with Crippen molar-refractivity contribution in [3.05, 3.63) is 54.4 Å². The average molecular weight is 503 g/mol. The summed E-state index contributed by atoms with van der Waals surface area (Å²) in [5, 5.41) is 6.27. The van der Waals surface area contributed by atoms with E-state index in [9.17, 15) is 8.42 Å². The molecule has 0 saturated heterocycles. The first kappa shape index (κ1) is 21.5. The van der Waals surface area contributed by atoms with E-state index in [2.05, 4.69) is 20.2 Å². The van der Waals surface area contributed by atoms with Gasteiger partial charge in [0, 0.05) is 45.6 Å². The zero-order chi connectivity index (χ0) is 18.4. The van der Waals surface area contributed by atoms with Crippen LogP contribution in [0.1, 0.15) is 5.56 Å². The summed E-state index contributed by atoms with van der Waals surface area (Å²) >= 11 is 0. The second-order valence-electron chi connectivity index (χ2n) is 6.11. The molecule has 0 spiro atoms. The van der Waals surface area contributed by atoms with Crippen LogP contribution in [0.5, 0.6) is 0 Å². The molecular formula is C18H26IN5O2S. The molecule has 1 aromatic carbocycles. The minimum atomic E-state index is -3.35. The van der Waals surface area contributed by atoms with Crippen molar-refractivity contribution < 1.29 is 8.42 Å². The topological polar surface area (TPSA) is 78.7 Å². The molecule has 3 rings (SSSR count). The average Bonchev–Trinajstić information content (AvgIpc) is 3.30. The Hall–Kier alpha value is -1.75. The minimum absolute atomic E-state index is 0. The zero-order valence-corrected chi connectivity index (χ0v) is 18.5. The molecule has 2 heterocycles. The molecule has 0 saturated carbocycles. The van der Waals surface area contributed by atoms with E-state index in [1.165, 1.54) is 4.31 Å². The van der Waals surface area contributed by atoms with Gasteiger partial charge in [0.2, 0.25) is 10.0 Å². The molecule has 1 aliphatic heterocycles. The lowest BCUT2D eigenvalue weighted by molar-refractivity contribution is 0.590. The second-order valence-corrected chi connectivity index (χ2v) is 8.13. The molecule has 0 bridgehead atoms. The van der Waals surface area contributed by atoms with Crippen LogP contribution in [0.3, 0.4) is 0 Å². The van der Waals surface area contributed by atoms with Crippen molar-refractivity contribution in [2.45, 2.75) is 13.0 Å². The van der Waals surface area contributed by atoms with Gasteiger partial charge in [0.05, 0.1) is 11.4 Å². The minimum Gasteiger partial charge on any atom is -0.355 e. The molecule has 0 amide bonds. The van der Waals surface area contributed by atoms with Gasteiger partial charge in [-0.25, -0.2) is 8.42 Å². The van der Waals surface area contributed by atoms with Gasteiger partial charge in [-0.1, -0.05) is 18.2 Å². The summed E-state index contributed by atoms with van der Waals surface area (Å²) in [7, 11) is -1.67. The molecule has 27 heavy (non-hydrogen) atoms. The number of sulfonamides is 1. The number of benzene rings is 1. The Kier molecular flexibility index (Phi) is 7.96. The first-order valence-corrected chi connectivity index (χ1v) is 10.3. The zero-order valence-electron chi connectivity index (χ0n) is 15.3. The maximum Gasteiger partial charge on any atom is 0.236 e.